The lowest BCUT2D eigenvalue weighted by Crippen LogP contribution is -2.28. The number of aromatic nitrogens is 4. The fourth-order valence-electron chi connectivity index (χ4n) is 3.20. The van der Waals surface area contributed by atoms with Crippen LogP contribution in [0.2, 0.25) is 0 Å². The molecule has 28 heavy (non-hydrogen) atoms. The van der Waals surface area contributed by atoms with Gasteiger partial charge in [-0.3, -0.25) is 5.10 Å². The van der Waals surface area contributed by atoms with Crippen molar-refractivity contribution in [2.24, 2.45) is 0 Å². The molecule has 0 fully saturated rings. The molecule has 0 aliphatic carbocycles. The average Bonchev–Trinajstić information content (AvgIpc) is 3.07. The molecule has 0 amide bonds. The Hall–Kier alpha value is -3.41. The van der Waals surface area contributed by atoms with Gasteiger partial charge in [-0.1, -0.05) is 49.7 Å². The van der Waals surface area contributed by atoms with Crippen molar-refractivity contribution in [3.63, 3.8) is 0 Å². The molecule has 2 aromatic heterocycles. The van der Waals surface area contributed by atoms with Gasteiger partial charge < -0.3 is 11.1 Å². The summed E-state index contributed by atoms with van der Waals surface area (Å²) in [5.41, 5.74) is 11.0. The Balaban J connectivity index is 1.47. The second kappa shape index (κ2) is 6.96. The fourth-order valence-corrected chi connectivity index (χ4v) is 3.20. The summed E-state index contributed by atoms with van der Waals surface area (Å²) in [7, 11) is 0. The van der Waals surface area contributed by atoms with E-state index in [1.807, 2.05) is 30.3 Å². The number of aromatic amines is 1. The van der Waals surface area contributed by atoms with Crippen LogP contribution in [-0.4, -0.2) is 26.9 Å². The van der Waals surface area contributed by atoms with Gasteiger partial charge in [-0.15, -0.1) is 10.2 Å². The number of nitrogens with zero attached hydrogens (tertiary/aromatic N) is 3. The Bertz CT molecular complexity index is 1090. The van der Waals surface area contributed by atoms with Gasteiger partial charge in [-0.25, -0.2) is 0 Å². The van der Waals surface area contributed by atoms with Crippen molar-refractivity contribution < 1.29 is 0 Å². The van der Waals surface area contributed by atoms with Crippen molar-refractivity contribution in [1.29, 1.82) is 0 Å². The number of aryl methyl sites for hydroxylation is 1. The van der Waals surface area contributed by atoms with E-state index in [1.165, 1.54) is 11.1 Å². The van der Waals surface area contributed by atoms with Crippen LogP contribution in [0.15, 0.2) is 54.6 Å². The maximum Gasteiger partial charge on any atom is 0.153 e. The minimum absolute atomic E-state index is 0.0142. The van der Waals surface area contributed by atoms with E-state index in [1.54, 1.807) is 0 Å². The third kappa shape index (κ3) is 3.53. The van der Waals surface area contributed by atoms with Gasteiger partial charge in [0.1, 0.15) is 5.82 Å². The highest BCUT2D eigenvalue weighted by Crippen LogP contribution is 2.26. The SMILES string of the molecule is Cc1ccc(C(C)(C)CNc2ccc(-c3ccc4c(N)n[nH]c4c3)nn2)cc1. The third-order valence-electron chi connectivity index (χ3n) is 5.10. The van der Waals surface area contributed by atoms with Gasteiger partial charge in [0.2, 0.25) is 0 Å². The van der Waals surface area contributed by atoms with Gasteiger partial charge in [0, 0.05) is 22.9 Å². The highest BCUT2D eigenvalue weighted by Gasteiger charge is 2.20. The number of H-pyrrole nitrogens is 1. The molecule has 0 radical (unpaired) electrons. The molecule has 4 N–H and O–H groups in total. The standard InChI is InChI=1S/C22H24N6/c1-14-4-7-16(8-5-14)22(2,3)13-24-20-11-10-18(25-27-20)15-6-9-17-19(12-15)26-28-21(17)23/h4-12H,13H2,1-3H3,(H,24,27)(H3,23,26,28). The molecule has 0 unspecified atom stereocenters. The Labute approximate surface area is 164 Å². The van der Waals surface area contributed by atoms with E-state index in [0.29, 0.717) is 5.82 Å². The molecule has 0 atom stereocenters. The van der Waals surface area contributed by atoms with Crippen molar-refractivity contribution in [3.05, 3.63) is 65.7 Å². The number of rotatable bonds is 5. The highest BCUT2D eigenvalue weighted by molar-refractivity contribution is 5.91. The van der Waals surface area contributed by atoms with Crippen molar-refractivity contribution in [3.8, 4) is 11.3 Å². The van der Waals surface area contributed by atoms with Crippen LogP contribution in [0.3, 0.4) is 0 Å². The number of anilines is 2. The van der Waals surface area contributed by atoms with Crippen molar-refractivity contribution in [1.82, 2.24) is 20.4 Å². The van der Waals surface area contributed by atoms with Crippen LogP contribution >= 0.6 is 0 Å². The normalized spacial score (nSPS) is 11.7. The minimum atomic E-state index is -0.0142. The maximum absolute atomic E-state index is 5.82. The van der Waals surface area contributed by atoms with Gasteiger partial charge in [0.15, 0.2) is 5.82 Å². The van der Waals surface area contributed by atoms with Gasteiger partial charge in [-0.2, -0.15) is 5.10 Å². The third-order valence-corrected chi connectivity index (χ3v) is 5.10. The lowest BCUT2D eigenvalue weighted by molar-refractivity contribution is 0.555. The molecule has 6 heteroatoms. The Morgan fingerprint density at radius 3 is 2.50 bits per heavy atom. The van der Waals surface area contributed by atoms with Crippen LogP contribution in [-0.2, 0) is 5.41 Å². The van der Waals surface area contributed by atoms with Crippen LogP contribution in [0.4, 0.5) is 11.6 Å². The predicted molar refractivity (Wildman–Crippen MR) is 114 cm³/mol. The zero-order valence-electron chi connectivity index (χ0n) is 16.3. The van der Waals surface area contributed by atoms with E-state index in [4.69, 9.17) is 5.73 Å². The molecule has 4 aromatic rings. The van der Waals surface area contributed by atoms with Crippen LogP contribution in [0.5, 0.6) is 0 Å². The van der Waals surface area contributed by atoms with E-state index in [0.717, 1.165) is 34.5 Å². The molecule has 6 nitrogen and oxygen atoms in total. The number of nitrogens with two attached hydrogens (primary N) is 1. The molecular formula is C22H24N6. The molecule has 142 valence electrons. The fraction of sp³-hybridized carbons (Fsp3) is 0.227. The number of hydrogen-bond acceptors (Lipinski definition) is 5. The van der Waals surface area contributed by atoms with E-state index >= 15 is 0 Å². The summed E-state index contributed by atoms with van der Waals surface area (Å²) >= 11 is 0. The van der Waals surface area contributed by atoms with Gasteiger partial charge in [0.05, 0.1) is 11.2 Å². The zero-order chi connectivity index (χ0) is 19.7. The van der Waals surface area contributed by atoms with Crippen molar-refractivity contribution in [2.45, 2.75) is 26.2 Å². The first-order chi connectivity index (χ1) is 13.4. The maximum atomic E-state index is 5.82. The van der Waals surface area contributed by atoms with Gasteiger partial charge >= 0.3 is 0 Å². The van der Waals surface area contributed by atoms with Crippen LogP contribution in [0.1, 0.15) is 25.0 Å². The summed E-state index contributed by atoms with van der Waals surface area (Å²) in [6.07, 6.45) is 0. The van der Waals surface area contributed by atoms with Crippen LogP contribution in [0.25, 0.3) is 22.2 Å². The lowest BCUT2D eigenvalue weighted by Gasteiger charge is -2.26. The Morgan fingerprint density at radius 1 is 1.00 bits per heavy atom. The quantitative estimate of drug-likeness (QED) is 0.486. The van der Waals surface area contributed by atoms with Gasteiger partial charge in [-0.05, 0) is 36.8 Å². The summed E-state index contributed by atoms with van der Waals surface area (Å²) in [6.45, 7) is 7.31. The predicted octanol–water partition coefficient (Wildman–Crippen LogP) is 4.30. The summed E-state index contributed by atoms with van der Waals surface area (Å²) in [4.78, 5) is 0. The van der Waals surface area contributed by atoms with E-state index in [9.17, 15) is 0 Å². The molecule has 2 heterocycles. The topological polar surface area (TPSA) is 92.5 Å². The largest absolute Gasteiger partial charge is 0.382 e. The first kappa shape index (κ1) is 18.0. The van der Waals surface area contributed by atoms with Gasteiger partial charge in [0.25, 0.3) is 0 Å². The molecule has 0 aliphatic heterocycles. The molecule has 4 rings (SSSR count). The minimum Gasteiger partial charge on any atom is -0.382 e. The molecule has 0 saturated carbocycles. The summed E-state index contributed by atoms with van der Waals surface area (Å²) in [6, 6.07) is 18.5. The number of fused-ring (bicyclic) bond motifs is 1. The first-order valence-corrected chi connectivity index (χ1v) is 9.31. The van der Waals surface area contributed by atoms with E-state index in [-0.39, 0.29) is 5.41 Å². The molecule has 2 aromatic carbocycles. The zero-order valence-corrected chi connectivity index (χ0v) is 16.3. The summed E-state index contributed by atoms with van der Waals surface area (Å²) < 4.78 is 0. The molecule has 0 aliphatic rings. The average molecular weight is 372 g/mol. The monoisotopic (exact) mass is 372 g/mol. The number of nitrogens with one attached hydrogen (secondary N) is 2. The molecule has 0 spiro atoms. The summed E-state index contributed by atoms with van der Waals surface area (Å²) in [5, 5.41) is 20.0. The number of hydrogen-bond donors (Lipinski definition) is 3. The van der Waals surface area contributed by atoms with E-state index < -0.39 is 0 Å². The smallest absolute Gasteiger partial charge is 0.153 e. The lowest BCUT2D eigenvalue weighted by atomic mass is 9.84. The number of benzene rings is 2. The molecule has 0 saturated heterocycles. The molecular weight excluding hydrogens is 348 g/mol. The number of nitrogen functional groups attached to an aromatic ring is 1. The van der Waals surface area contributed by atoms with Crippen LogP contribution < -0.4 is 11.1 Å². The van der Waals surface area contributed by atoms with Crippen molar-refractivity contribution in [2.75, 3.05) is 17.6 Å². The Kier molecular flexibility index (Phi) is 4.47. The summed E-state index contributed by atoms with van der Waals surface area (Å²) in [5.74, 6) is 1.26. The molecule has 0 bridgehead atoms. The second-order valence-electron chi connectivity index (χ2n) is 7.78. The van der Waals surface area contributed by atoms with Crippen LogP contribution in [0, 0.1) is 6.92 Å². The Morgan fingerprint density at radius 2 is 1.79 bits per heavy atom. The van der Waals surface area contributed by atoms with Crippen molar-refractivity contribution >= 4 is 22.5 Å². The second-order valence-corrected chi connectivity index (χ2v) is 7.78. The first-order valence-electron chi connectivity index (χ1n) is 9.31. The highest BCUT2D eigenvalue weighted by atomic mass is 15.2. The van der Waals surface area contributed by atoms with E-state index in [2.05, 4.69) is 70.7 Å².